The van der Waals surface area contributed by atoms with Crippen molar-refractivity contribution in [1.82, 2.24) is 10.1 Å². The summed E-state index contributed by atoms with van der Waals surface area (Å²) in [6.45, 7) is 4.62. The molecule has 2 rings (SSSR count). The number of amides is 1. The Morgan fingerprint density at radius 3 is 2.88 bits per heavy atom. The summed E-state index contributed by atoms with van der Waals surface area (Å²) in [7, 11) is 0. The fourth-order valence-corrected chi connectivity index (χ4v) is 2.08. The Balaban J connectivity index is 2.15. The van der Waals surface area contributed by atoms with E-state index in [1.54, 1.807) is 4.90 Å². The molecule has 1 atom stereocenters. The topological polar surface area (TPSA) is 59.2 Å². The van der Waals surface area contributed by atoms with Gasteiger partial charge in [0.05, 0.1) is 0 Å². The van der Waals surface area contributed by atoms with Crippen molar-refractivity contribution in [3.05, 3.63) is 5.89 Å². The second-order valence-electron chi connectivity index (χ2n) is 4.32. The summed E-state index contributed by atoms with van der Waals surface area (Å²) < 4.78 is 5.09. The van der Waals surface area contributed by atoms with Gasteiger partial charge >= 0.3 is 0 Å². The van der Waals surface area contributed by atoms with Crippen molar-refractivity contribution >= 4 is 27.8 Å². The van der Waals surface area contributed by atoms with Crippen molar-refractivity contribution in [2.75, 3.05) is 16.8 Å². The van der Waals surface area contributed by atoms with Gasteiger partial charge in [-0.15, -0.1) is 0 Å². The van der Waals surface area contributed by atoms with Gasteiger partial charge in [-0.25, -0.2) is 0 Å². The van der Waals surface area contributed by atoms with Gasteiger partial charge in [0.25, 0.3) is 5.95 Å². The van der Waals surface area contributed by atoms with Crippen LogP contribution in [0, 0.1) is 5.92 Å². The normalized spacial score (nSPS) is 21.1. The fourth-order valence-electron chi connectivity index (χ4n) is 1.65. The minimum Gasteiger partial charge on any atom is -0.337 e. The monoisotopic (exact) mass is 287 g/mol. The number of carbonyl (C=O) groups excluding carboxylic acids is 1. The van der Waals surface area contributed by atoms with Gasteiger partial charge in [0.2, 0.25) is 11.8 Å². The molecule has 1 aliphatic heterocycles. The molecule has 0 bridgehead atoms. The van der Waals surface area contributed by atoms with E-state index < -0.39 is 0 Å². The molecule has 0 saturated carbocycles. The number of hydrogen-bond acceptors (Lipinski definition) is 4. The molecule has 0 aromatic carbocycles. The van der Waals surface area contributed by atoms with Gasteiger partial charge in [-0.1, -0.05) is 29.8 Å². The molecule has 1 aromatic heterocycles. The largest absolute Gasteiger partial charge is 0.337 e. The lowest BCUT2D eigenvalue weighted by molar-refractivity contribution is -0.117. The highest BCUT2D eigenvalue weighted by Crippen LogP contribution is 2.25. The van der Waals surface area contributed by atoms with Crippen LogP contribution in [0.5, 0.6) is 0 Å². The molecule has 16 heavy (non-hydrogen) atoms. The van der Waals surface area contributed by atoms with Crippen molar-refractivity contribution < 1.29 is 9.32 Å². The number of rotatable bonds is 3. The predicted molar refractivity (Wildman–Crippen MR) is 62.6 cm³/mol. The van der Waals surface area contributed by atoms with E-state index in [0.29, 0.717) is 30.7 Å². The Morgan fingerprint density at radius 2 is 2.38 bits per heavy atom. The van der Waals surface area contributed by atoms with Crippen LogP contribution in [0.25, 0.3) is 0 Å². The molecule has 6 heteroatoms. The van der Waals surface area contributed by atoms with Crippen LogP contribution < -0.4 is 4.90 Å². The maximum absolute atomic E-state index is 11.7. The van der Waals surface area contributed by atoms with Gasteiger partial charge < -0.3 is 4.52 Å². The Labute approximate surface area is 102 Å². The van der Waals surface area contributed by atoms with E-state index in [1.807, 2.05) is 13.8 Å². The van der Waals surface area contributed by atoms with E-state index in [9.17, 15) is 4.79 Å². The zero-order chi connectivity index (χ0) is 11.7. The molecular weight excluding hydrogens is 274 g/mol. The van der Waals surface area contributed by atoms with Gasteiger partial charge in [-0.2, -0.15) is 4.98 Å². The number of aromatic nitrogens is 2. The fraction of sp³-hybridized carbons (Fsp3) is 0.700. The lowest BCUT2D eigenvalue weighted by Crippen LogP contribution is -2.25. The number of hydrogen-bond donors (Lipinski definition) is 0. The summed E-state index contributed by atoms with van der Waals surface area (Å²) in [5.41, 5.74) is 0. The number of nitrogens with zero attached hydrogens (tertiary/aromatic N) is 3. The number of alkyl halides is 1. The minimum absolute atomic E-state index is 0.0700. The van der Waals surface area contributed by atoms with Crippen LogP contribution >= 0.6 is 15.9 Å². The number of carbonyl (C=O) groups is 1. The van der Waals surface area contributed by atoms with Crippen LogP contribution in [0.15, 0.2) is 4.52 Å². The third-order valence-electron chi connectivity index (χ3n) is 2.59. The second-order valence-corrected chi connectivity index (χ2v) is 4.96. The first-order chi connectivity index (χ1) is 7.61. The van der Waals surface area contributed by atoms with E-state index in [1.165, 1.54) is 0 Å². The third kappa shape index (κ3) is 2.11. The zero-order valence-electron chi connectivity index (χ0n) is 9.31. The van der Waals surface area contributed by atoms with E-state index >= 15 is 0 Å². The second kappa shape index (κ2) is 4.53. The minimum atomic E-state index is 0.0700. The number of anilines is 1. The van der Waals surface area contributed by atoms with Crippen LogP contribution in [-0.2, 0) is 4.79 Å². The maximum atomic E-state index is 11.7. The van der Waals surface area contributed by atoms with E-state index in [-0.39, 0.29) is 11.8 Å². The molecule has 0 radical (unpaired) electrons. The summed E-state index contributed by atoms with van der Waals surface area (Å²) >= 11 is 3.39. The Hall–Kier alpha value is -0.910. The van der Waals surface area contributed by atoms with Crippen molar-refractivity contribution in [3.8, 4) is 0 Å². The van der Waals surface area contributed by atoms with Gasteiger partial charge in [0.1, 0.15) is 0 Å². The van der Waals surface area contributed by atoms with Crippen LogP contribution in [0.4, 0.5) is 5.95 Å². The van der Waals surface area contributed by atoms with Gasteiger partial charge in [-0.05, 0) is 11.1 Å². The Morgan fingerprint density at radius 1 is 1.62 bits per heavy atom. The first-order valence-electron chi connectivity index (χ1n) is 5.31. The molecule has 1 amide bonds. The summed E-state index contributed by atoms with van der Waals surface area (Å²) in [5, 5.41) is 4.67. The molecule has 1 aliphatic rings. The summed E-state index contributed by atoms with van der Waals surface area (Å²) in [6.07, 6.45) is 0.552. The molecule has 88 valence electrons. The Bertz CT molecular complexity index is 391. The molecular formula is C10H14BrN3O2. The highest BCUT2D eigenvalue weighted by molar-refractivity contribution is 9.09. The molecule has 1 aromatic rings. The third-order valence-corrected chi connectivity index (χ3v) is 3.51. The van der Waals surface area contributed by atoms with Crippen LogP contribution in [-0.4, -0.2) is 27.9 Å². The first kappa shape index (κ1) is 11.6. The van der Waals surface area contributed by atoms with E-state index in [4.69, 9.17) is 4.52 Å². The molecule has 1 fully saturated rings. The highest BCUT2D eigenvalue weighted by atomic mass is 79.9. The first-order valence-corrected chi connectivity index (χ1v) is 6.44. The molecule has 0 aliphatic carbocycles. The summed E-state index contributed by atoms with van der Waals surface area (Å²) in [6, 6.07) is 0. The van der Waals surface area contributed by atoms with Crippen molar-refractivity contribution in [2.45, 2.75) is 26.2 Å². The van der Waals surface area contributed by atoms with Crippen LogP contribution in [0.2, 0.25) is 0 Å². The highest BCUT2D eigenvalue weighted by Gasteiger charge is 2.32. The number of halogens is 1. The molecule has 5 nitrogen and oxygen atoms in total. The van der Waals surface area contributed by atoms with E-state index in [2.05, 4.69) is 26.1 Å². The van der Waals surface area contributed by atoms with Crippen LogP contribution in [0.3, 0.4) is 0 Å². The Kier molecular flexibility index (Phi) is 3.28. The summed E-state index contributed by atoms with van der Waals surface area (Å²) in [5.74, 6) is 1.57. The van der Waals surface area contributed by atoms with Crippen molar-refractivity contribution in [3.63, 3.8) is 0 Å². The van der Waals surface area contributed by atoms with E-state index in [0.717, 1.165) is 5.33 Å². The smallest absolute Gasteiger partial charge is 0.272 e. The molecule has 0 N–H and O–H groups in total. The zero-order valence-corrected chi connectivity index (χ0v) is 10.9. The van der Waals surface area contributed by atoms with Crippen molar-refractivity contribution in [2.24, 2.45) is 5.92 Å². The predicted octanol–water partition coefficient (Wildman–Crippen LogP) is 1.94. The quantitative estimate of drug-likeness (QED) is 0.797. The molecule has 2 heterocycles. The standard InChI is InChI=1S/C10H14BrN3O2/c1-6(2)9-12-10(13-16-9)14-5-7(4-11)3-8(14)15/h6-7H,3-5H2,1-2H3. The lowest BCUT2D eigenvalue weighted by atomic mass is 10.2. The maximum Gasteiger partial charge on any atom is 0.272 e. The summed E-state index contributed by atoms with van der Waals surface area (Å²) in [4.78, 5) is 17.5. The SMILES string of the molecule is CC(C)c1nc(N2CC(CBr)CC2=O)no1. The molecule has 0 spiro atoms. The molecule has 1 unspecified atom stereocenters. The lowest BCUT2D eigenvalue weighted by Gasteiger charge is -2.09. The average molecular weight is 288 g/mol. The van der Waals surface area contributed by atoms with Crippen LogP contribution in [0.1, 0.15) is 32.1 Å². The molecule has 1 saturated heterocycles. The van der Waals surface area contributed by atoms with Gasteiger partial charge in [0, 0.05) is 24.2 Å². The van der Waals surface area contributed by atoms with Gasteiger partial charge in [-0.3, -0.25) is 9.69 Å². The average Bonchev–Trinajstić information content (AvgIpc) is 2.83. The van der Waals surface area contributed by atoms with Crippen molar-refractivity contribution in [1.29, 1.82) is 0 Å². The van der Waals surface area contributed by atoms with Gasteiger partial charge in [0.15, 0.2) is 0 Å².